The van der Waals surface area contributed by atoms with Crippen LogP contribution in [0.2, 0.25) is 0 Å². The summed E-state index contributed by atoms with van der Waals surface area (Å²) in [7, 11) is 1.32. The smallest absolute Gasteiger partial charge is 0.273 e. The summed E-state index contributed by atoms with van der Waals surface area (Å²) < 4.78 is 4.98. The number of nitrogens with one attached hydrogen (secondary N) is 1. The highest BCUT2D eigenvalue weighted by molar-refractivity contribution is 7.19. The van der Waals surface area contributed by atoms with Crippen LogP contribution in [-0.2, 0) is 0 Å². The first kappa shape index (κ1) is 13.7. The van der Waals surface area contributed by atoms with Crippen molar-refractivity contribution >= 4 is 33.2 Å². The van der Waals surface area contributed by atoms with Crippen molar-refractivity contribution in [3.8, 4) is 5.75 Å². The van der Waals surface area contributed by atoms with Gasteiger partial charge in [-0.2, -0.15) is 0 Å². The number of carbonyl (C=O) groups excluding carboxylic acids is 1. The fraction of sp³-hybridized carbons (Fsp3) is 0.100. The minimum atomic E-state index is -0.574. The Morgan fingerprint density at radius 2 is 2.25 bits per heavy atom. The number of rotatable bonds is 4. The summed E-state index contributed by atoms with van der Waals surface area (Å²) in [6.07, 6.45) is 0. The van der Waals surface area contributed by atoms with E-state index in [-0.39, 0.29) is 27.3 Å². The predicted octanol–water partition coefficient (Wildman–Crippen LogP) is 1.29. The summed E-state index contributed by atoms with van der Waals surface area (Å²) in [4.78, 5) is 22.1. The summed E-state index contributed by atoms with van der Waals surface area (Å²) in [5.74, 6) is -0.429. The molecule has 0 unspecified atom stereocenters. The molecule has 1 aromatic heterocycles. The Kier molecular flexibility index (Phi) is 3.75. The van der Waals surface area contributed by atoms with Crippen LogP contribution in [0.15, 0.2) is 18.2 Å². The molecule has 9 nitrogen and oxygen atoms in total. The number of nitrogens with zero attached hydrogens (tertiary/aromatic N) is 3. The fourth-order valence-electron chi connectivity index (χ4n) is 1.43. The van der Waals surface area contributed by atoms with Crippen molar-refractivity contribution in [2.75, 3.05) is 18.2 Å². The van der Waals surface area contributed by atoms with Gasteiger partial charge in [-0.3, -0.25) is 20.2 Å². The Bertz CT molecular complexity index is 671. The second-order valence-electron chi connectivity index (χ2n) is 3.54. The zero-order valence-electron chi connectivity index (χ0n) is 10.2. The van der Waals surface area contributed by atoms with Crippen LogP contribution in [0.3, 0.4) is 0 Å². The number of nitrogens with two attached hydrogens (primary N) is 1. The van der Waals surface area contributed by atoms with Gasteiger partial charge in [0.1, 0.15) is 5.75 Å². The Labute approximate surface area is 116 Å². The van der Waals surface area contributed by atoms with Gasteiger partial charge < -0.3 is 10.5 Å². The van der Waals surface area contributed by atoms with Crippen molar-refractivity contribution in [2.24, 2.45) is 0 Å². The van der Waals surface area contributed by atoms with Gasteiger partial charge in [0.2, 0.25) is 10.3 Å². The summed E-state index contributed by atoms with van der Waals surface area (Å²) >= 11 is 1.01. The molecule has 0 saturated heterocycles. The van der Waals surface area contributed by atoms with Gasteiger partial charge in [0, 0.05) is 6.07 Å². The van der Waals surface area contributed by atoms with E-state index >= 15 is 0 Å². The van der Waals surface area contributed by atoms with E-state index in [9.17, 15) is 14.9 Å². The number of anilines is 2. The Morgan fingerprint density at radius 1 is 1.50 bits per heavy atom. The van der Waals surface area contributed by atoms with Gasteiger partial charge in [0.15, 0.2) is 0 Å². The summed E-state index contributed by atoms with van der Waals surface area (Å²) in [5, 5.41) is 20.8. The van der Waals surface area contributed by atoms with Gasteiger partial charge in [0.25, 0.3) is 11.6 Å². The van der Waals surface area contributed by atoms with Crippen molar-refractivity contribution in [1.82, 2.24) is 10.2 Å². The lowest BCUT2D eigenvalue weighted by Gasteiger charge is -2.07. The lowest BCUT2D eigenvalue weighted by atomic mass is 10.1. The first-order valence-electron chi connectivity index (χ1n) is 5.24. The molecule has 0 saturated carbocycles. The van der Waals surface area contributed by atoms with Crippen LogP contribution in [0, 0.1) is 10.1 Å². The third-order valence-electron chi connectivity index (χ3n) is 2.30. The van der Waals surface area contributed by atoms with Gasteiger partial charge in [-0.15, -0.1) is 10.2 Å². The highest BCUT2D eigenvalue weighted by Gasteiger charge is 2.18. The van der Waals surface area contributed by atoms with Crippen LogP contribution >= 0.6 is 11.3 Å². The monoisotopic (exact) mass is 295 g/mol. The van der Waals surface area contributed by atoms with Crippen molar-refractivity contribution in [2.45, 2.75) is 0 Å². The van der Waals surface area contributed by atoms with Gasteiger partial charge in [-0.1, -0.05) is 11.3 Å². The predicted molar refractivity (Wildman–Crippen MR) is 71.9 cm³/mol. The molecule has 20 heavy (non-hydrogen) atoms. The highest BCUT2D eigenvalue weighted by Crippen LogP contribution is 2.26. The lowest BCUT2D eigenvalue weighted by Crippen LogP contribution is -2.13. The molecule has 0 bridgehead atoms. The van der Waals surface area contributed by atoms with Crippen molar-refractivity contribution < 1.29 is 14.5 Å². The molecule has 0 aliphatic carbocycles. The number of methoxy groups -OCH3 is 1. The number of nitrogen functional groups attached to an aromatic ring is 1. The first-order valence-corrected chi connectivity index (χ1v) is 6.05. The molecule has 1 heterocycles. The Balaban J connectivity index is 2.27. The van der Waals surface area contributed by atoms with Crippen LogP contribution in [-0.4, -0.2) is 28.1 Å². The standard InChI is InChI=1S/C10H9N5O4S/c1-19-7-4-5(15(17)18)2-3-6(7)8(16)12-10-14-13-9(11)20-10/h2-4H,1H3,(H2,11,13)(H,12,14,16). The van der Waals surface area contributed by atoms with Crippen LogP contribution < -0.4 is 15.8 Å². The van der Waals surface area contributed by atoms with E-state index in [4.69, 9.17) is 10.5 Å². The molecule has 0 aliphatic rings. The molecular weight excluding hydrogens is 286 g/mol. The molecule has 104 valence electrons. The molecule has 0 fully saturated rings. The number of carbonyl (C=O) groups is 1. The van der Waals surface area contributed by atoms with Crippen molar-refractivity contribution in [1.29, 1.82) is 0 Å². The third-order valence-corrected chi connectivity index (χ3v) is 2.97. The highest BCUT2D eigenvalue weighted by atomic mass is 32.1. The van der Waals surface area contributed by atoms with Crippen LogP contribution in [0.4, 0.5) is 16.0 Å². The molecule has 0 atom stereocenters. The number of benzene rings is 1. The number of amides is 1. The normalized spacial score (nSPS) is 10.1. The summed E-state index contributed by atoms with van der Waals surface area (Å²) in [5.41, 5.74) is 5.37. The zero-order chi connectivity index (χ0) is 14.7. The van der Waals surface area contributed by atoms with Gasteiger partial charge in [0.05, 0.1) is 23.7 Å². The maximum absolute atomic E-state index is 12.0. The van der Waals surface area contributed by atoms with Crippen LogP contribution in [0.5, 0.6) is 5.75 Å². The molecule has 2 rings (SSSR count). The summed E-state index contributed by atoms with van der Waals surface area (Å²) in [6, 6.07) is 3.69. The average Bonchev–Trinajstić information content (AvgIpc) is 2.83. The third kappa shape index (κ3) is 2.80. The minimum absolute atomic E-state index is 0.0918. The maximum atomic E-state index is 12.0. The van der Waals surface area contributed by atoms with E-state index in [0.717, 1.165) is 11.3 Å². The Morgan fingerprint density at radius 3 is 2.80 bits per heavy atom. The SMILES string of the molecule is COc1cc([N+](=O)[O-])ccc1C(=O)Nc1nnc(N)s1. The van der Waals surface area contributed by atoms with Gasteiger partial charge >= 0.3 is 0 Å². The van der Waals surface area contributed by atoms with Gasteiger partial charge in [-0.25, -0.2) is 0 Å². The fourth-order valence-corrected chi connectivity index (χ4v) is 1.94. The number of hydrogen-bond acceptors (Lipinski definition) is 8. The Hall–Kier alpha value is -2.75. The molecule has 0 spiro atoms. The van der Waals surface area contributed by atoms with E-state index in [1.807, 2.05) is 0 Å². The molecular formula is C10H9N5O4S. The molecule has 1 aromatic carbocycles. The maximum Gasteiger partial charge on any atom is 0.273 e. The number of aromatic nitrogens is 2. The van der Waals surface area contributed by atoms with Crippen LogP contribution in [0.25, 0.3) is 0 Å². The first-order chi connectivity index (χ1) is 9.51. The van der Waals surface area contributed by atoms with E-state index in [1.54, 1.807) is 0 Å². The molecule has 1 amide bonds. The molecule has 3 N–H and O–H groups in total. The van der Waals surface area contributed by atoms with Crippen molar-refractivity contribution in [3.63, 3.8) is 0 Å². The zero-order valence-corrected chi connectivity index (χ0v) is 11.0. The van der Waals surface area contributed by atoms with E-state index in [0.29, 0.717) is 0 Å². The molecule has 10 heteroatoms. The molecule has 2 aromatic rings. The minimum Gasteiger partial charge on any atom is -0.496 e. The topological polar surface area (TPSA) is 133 Å². The van der Waals surface area contributed by atoms with E-state index in [2.05, 4.69) is 15.5 Å². The number of ether oxygens (including phenoxy) is 1. The lowest BCUT2D eigenvalue weighted by molar-refractivity contribution is -0.384. The largest absolute Gasteiger partial charge is 0.496 e. The number of nitro benzene ring substituents is 1. The average molecular weight is 295 g/mol. The van der Waals surface area contributed by atoms with E-state index < -0.39 is 10.8 Å². The summed E-state index contributed by atoms with van der Waals surface area (Å²) in [6.45, 7) is 0. The van der Waals surface area contributed by atoms with Crippen molar-refractivity contribution in [3.05, 3.63) is 33.9 Å². The molecule has 0 aliphatic heterocycles. The van der Waals surface area contributed by atoms with E-state index in [1.165, 1.54) is 25.3 Å². The molecule has 0 radical (unpaired) electrons. The quantitative estimate of drug-likeness (QED) is 0.641. The second-order valence-corrected chi connectivity index (χ2v) is 4.55. The van der Waals surface area contributed by atoms with Gasteiger partial charge in [-0.05, 0) is 6.07 Å². The van der Waals surface area contributed by atoms with Crippen LogP contribution in [0.1, 0.15) is 10.4 Å². The second kappa shape index (κ2) is 5.48. The number of nitro groups is 1. The number of non-ortho nitro benzene ring substituents is 1. The number of hydrogen-bond donors (Lipinski definition) is 2.